The summed E-state index contributed by atoms with van der Waals surface area (Å²) in [5.41, 5.74) is -1.65. The molecule has 0 unspecified atom stereocenters. The molecule has 1 aromatic heterocycles. The summed E-state index contributed by atoms with van der Waals surface area (Å²) in [6.45, 7) is 0. The number of halogens is 3. The number of fused-ring (bicyclic) bond motifs is 3. The van der Waals surface area contributed by atoms with E-state index in [-0.39, 0.29) is 16.5 Å². The Kier molecular flexibility index (Phi) is 4.29. The average Bonchev–Trinajstić information content (AvgIpc) is 2.85. The van der Waals surface area contributed by atoms with Crippen molar-refractivity contribution in [3.63, 3.8) is 0 Å². The Bertz CT molecular complexity index is 987. The quantitative estimate of drug-likeness (QED) is 0.598. The van der Waals surface area contributed by atoms with Crippen molar-refractivity contribution in [3.8, 4) is 5.75 Å². The number of hydrogen-bond acceptors (Lipinski definition) is 6. The number of amides is 2. The maximum atomic E-state index is 13.6. The minimum Gasteiger partial charge on any atom is -0.497 e. The Morgan fingerprint density at radius 1 is 1.15 bits per heavy atom. The fourth-order valence-corrected chi connectivity index (χ4v) is 2.98. The molecule has 142 valence electrons. The minimum atomic E-state index is -5.07. The van der Waals surface area contributed by atoms with Gasteiger partial charge < -0.3 is 9.47 Å². The van der Waals surface area contributed by atoms with Crippen molar-refractivity contribution in [1.29, 1.82) is 0 Å². The number of methoxy groups -OCH3 is 2. The van der Waals surface area contributed by atoms with Gasteiger partial charge >= 0.3 is 12.1 Å². The zero-order chi connectivity index (χ0) is 20.1. The first-order valence-corrected chi connectivity index (χ1v) is 7.60. The number of hydrogen-bond donors (Lipinski definition) is 0. The van der Waals surface area contributed by atoms with Crippen LogP contribution in [0.1, 0.15) is 32.3 Å². The number of benzene rings is 1. The number of aromatic nitrogens is 1. The third-order valence-electron chi connectivity index (χ3n) is 4.29. The molecule has 27 heavy (non-hydrogen) atoms. The Labute approximate surface area is 150 Å². The maximum absolute atomic E-state index is 13.6. The molecule has 0 spiro atoms. The Hall–Kier alpha value is -3.17. The smallest absolute Gasteiger partial charge is 0.407 e. The molecule has 0 aliphatic carbocycles. The maximum Gasteiger partial charge on any atom is 0.407 e. The number of nitrogens with zero attached hydrogens (tertiary/aromatic N) is 2. The van der Waals surface area contributed by atoms with Gasteiger partial charge in [-0.1, -0.05) is 0 Å². The SMILES string of the molecule is COC(=O)[C@@H](c1nc2ccc(OC)cc2c2c1C(=O)N(C)C2=O)C(F)(F)F. The van der Waals surface area contributed by atoms with Crippen molar-refractivity contribution in [2.45, 2.75) is 12.1 Å². The van der Waals surface area contributed by atoms with Gasteiger partial charge in [-0.15, -0.1) is 0 Å². The predicted octanol–water partition coefficient (Wildman–Crippen LogP) is 2.29. The molecular formula is C17H13F3N2O5. The van der Waals surface area contributed by atoms with Gasteiger partial charge in [0.1, 0.15) is 5.75 Å². The number of imide groups is 1. The van der Waals surface area contributed by atoms with Crippen LogP contribution < -0.4 is 4.74 Å². The van der Waals surface area contributed by atoms with Gasteiger partial charge in [-0.25, -0.2) is 0 Å². The molecule has 2 amide bonds. The molecule has 1 aliphatic rings. The van der Waals surface area contributed by atoms with E-state index in [0.717, 1.165) is 14.2 Å². The summed E-state index contributed by atoms with van der Waals surface area (Å²) in [7, 11) is 3.31. The average molecular weight is 382 g/mol. The lowest BCUT2D eigenvalue weighted by molar-refractivity contribution is -0.179. The van der Waals surface area contributed by atoms with Crippen LogP contribution in [-0.2, 0) is 9.53 Å². The molecule has 2 heterocycles. The van der Waals surface area contributed by atoms with E-state index in [1.165, 1.54) is 25.3 Å². The van der Waals surface area contributed by atoms with E-state index in [1.807, 2.05) is 0 Å². The van der Waals surface area contributed by atoms with Gasteiger partial charge in [-0.05, 0) is 18.2 Å². The summed E-state index contributed by atoms with van der Waals surface area (Å²) in [5.74, 6) is -5.86. The highest BCUT2D eigenvalue weighted by atomic mass is 19.4. The fourth-order valence-electron chi connectivity index (χ4n) is 2.98. The molecular weight excluding hydrogens is 369 g/mol. The lowest BCUT2D eigenvalue weighted by Crippen LogP contribution is -2.32. The molecule has 0 N–H and O–H groups in total. The summed E-state index contributed by atoms with van der Waals surface area (Å²) in [6.07, 6.45) is -5.07. The second kappa shape index (κ2) is 6.22. The first kappa shape index (κ1) is 18.6. The Morgan fingerprint density at radius 3 is 2.33 bits per heavy atom. The molecule has 0 saturated heterocycles. The zero-order valence-corrected chi connectivity index (χ0v) is 14.4. The standard InChI is InChI=1S/C17H13F3N2O5/c1-22-14(23)10-8-6-7(26-2)4-5-9(8)21-13(11(10)15(22)24)12(16(25)27-3)17(18,19)20/h4-6,12H,1-3H3/t12-/m1/s1. The van der Waals surface area contributed by atoms with E-state index in [1.54, 1.807) is 0 Å². The topological polar surface area (TPSA) is 85.8 Å². The first-order valence-electron chi connectivity index (χ1n) is 7.60. The molecule has 0 radical (unpaired) electrons. The van der Waals surface area contributed by atoms with Crippen LogP contribution in [0.2, 0.25) is 0 Å². The molecule has 1 aromatic carbocycles. The molecule has 1 atom stereocenters. The van der Waals surface area contributed by atoms with Crippen LogP contribution in [0.25, 0.3) is 10.9 Å². The third kappa shape index (κ3) is 2.77. The highest BCUT2D eigenvalue weighted by Gasteiger charge is 2.52. The molecule has 10 heteroatoms. The monoisotopic (exact) mass is 382 g/mol. The minimum absolute atomic E-state index is 0.0131. The molecule has 0 bridgehead atoms. The third-order valence-corrected chi connectivity index (χ3v) is 4.29. The van der Waals surface area contributed by atoms with Gasteiger partial charge in [-0.2, -0.15) is 13.2 Å². The number of alkyl halides is 3. The van der Waals surface area contributed by atoms with E-state index >= 15 is 0 Å². The van der Waals surface area contributed by atoms with Crippen molar-refractivity contribution in [2.24, 2.45) is 0 Å². The molecule has 0 saturated carbocycles. The van der Waals surface area contributed by atoms with Gasteiger partial charge in [-0.3, -0.25) is 24.3 Å². The second-order valence-electron chi connectivity index (χ2n) is 5.80. The van der Waals surface area contributed by atoms with Crippen LogP contribution in [0, 0.1) is 0 Å². The molecule has 7 nitrogen and oxygen atoms in total. The Morgan fingerprint density at radius 2 is 1.78 bits per heavy atom. The normalized spacial score (nSPS) is 15.1. The number of ether oxygens (including phenoxy) is 2. The van der Waals surface area contributed by atoms with Crippen LogP contribution in [-0.4, -0.2) is 55.1 Å². The van der Waals surface area contributed by atoms with E-state index in [2.05, 4.69) is 9.72 Å². The Balaban J connectivity index is 2.44. The van der Waals surface area contributed by atoms with E-state index < -0.39 is 41.1 Å². The number of rotatable bonds is 3. The van der Waals surface area contributed by atoms with E-state index in [9.17, 15) is 27.6 Å². The largest absolute Gasteiger partial charge is 0.497 e. The predicted molar refractivity (Wildman–Crippen MR) is 85.5 cm³/mol. The highest BCUT2D eigenvalue weighted by Crippen LogP contribution is 2.41. The number of carbonyl (C=O) groups is 3. The van der Waals surface area contributed by atoms with Crippen LogP contribution in [0.3, 0.4) is 0 Å². The molecule has 2 aromatic rings. The van der Waals surface area contributed by atoms with Crippen LogP contribution in [0.15, 0.2) is 18.2 Å². The molecule has 3 rings (SSSR count). The molecule has 0 fully saturated rings. The summed E-state index contributed by atoms with van der Waals surface area (Å²) in [6, 6.07) is 4.19. The molecule has 1 aliphatic heterocycles. The van der Waals surface area contributed by atoms with Gasteiger partial charge in [0.2, 0.25) is 0 Å². The van der Waals surface area contributed by atoms with Gasteiger partial charge in [0, 0.05) is 12.4 Å². The number of esters is 1. The van der Waals surface area contributed by atoms with E-state index in [0.29, 0.717) is 10.6 Å². The van der Waals surface area contributed by atoms with E-state index in [4.69, 9.17) is 4.74 Å². The van der Waals surface area contributed by atoms with Crippen molar-refractivity contribution in [2.75, 3.05) is 21.3 Å². The van der Waals surface area contributed by atoms with Gasteiger partial charge in [0.15, 0.2) is 5.92 Å². The second-order valence-corrected chi connectivity index (χ2v) is 5.80. The highest BCUT2D eigenvalue weighted by molar-refractivity contribution is 6.26. The van der Waals surface area contributed by atoms with Crippen molar-refractivity contribution >= 4 is 28.7 Å². The lowest BCUT2D eigenvalue weighted by atomic mass is 9.94. The van der Waals surface area contributed by atoms with Crippen molar-refractivity contribution in [3.05, 3.63) is 35.0 Å². The summed E-state index contributed by atoms with van der Waals surface area (Å²) < 4.78 is 50.1. The summed E-state index contributed by atoms with van der Waals surface area (Å²) in [4.78, 5) is 41.4. The number of carbonyl (C=O) groups excluding carboxylic acids is 3. The van der Waals surface area contributed by atoms with Crippen LogP contribution >= 0.6 is 0 Å². The lowest BCUT2D eigenvalue weighted by Gasteiger charge is -2.20. The van der Waals surface area contributed by atoms with Crippen LogP contribution in [0.4, 0.5) is 13.2 Å². The summed E-state index contributed by atoms with van der Waals surface area (Å²) in [5, 5.41) is 0.154. The fraction of sp³-hybridized carbons (Fsp3) is 0.294. The van der Waals surface area contributed by atoms with Crippen molar-refractivity contribution in [1.82, 2.24) is 9.88 Å². The van der Waals surface area contributed by atoms with Gasteiger partial charge in [0.05, 0.1) is 36.6 Å². The summed E-state index contributed by atoms with van der Waals surface area (Å²) >= 11 is 0. The van der Waals surface area contributed by atoms with Crippen LogP contribution in [0.5, 0.6) is 5.75 Å². The van der Waals surface area contributed by atoms with Gasteiger partial charge in [0.25, 0.3) is 11.8 Å². The number of pyridine rings is 1. The first-order chi connectivity index (χ1) is 12.6. The van der Waals surface area contributed by atoms with Crippen molar-refractivity contribution < 1.29 is 37.0 Å². The zero-order valence-electron chi connectivity index (χ0n) is 14.4.